The number of cyclic esters (lactones) is 1. The van der Waals surface area contributed by atoms with Crippen LogP contribution in [0.5, 0.6) is 0 Å². The molecule has 27 heavy (non-hydrogen) atoms. The summed E-state index contributed by atoms with van der Waals surface area (Å²) >= 11 is 3.19. The Bertz CT molecular complexity index is 868. The average Bonchev–Trinajstić information content (AvgIpc) is 2.98. The highest BCUT2D eigenvalue weighted by Gasteiger charge is 2.39. The van der Waals surface area contributed by atoms with Gasteiger partial charge in [0.1, 0.15) is 18.5 Å². The van der Waals surface area contributed by atoms with Crippen molar-refractivity contribution in [1.29, 1.82) is 0 Å². The van der Waals surface area contributed by atoms with Crippen LogP contribution >= 0.6 is 15.9 Å². The molecule has 0 aliphatic carbocycles. The first-order chi connectivity index (χ1) is 12.8. The van der Waals surface area contributed by atoms with E-state index in [4.69, 9.17) is 4.74 Å². The van der Waals surface area contributed by atoms with Gasteiger partial charge >= 0.3 is 6.09 Å². The number of carbonyl (C=O) groups excluding carboxylic acids is 1. The molecule has 1 saturated heterocycles. The van der Waals surface area contributed by atoms with E-state index in [-0.39, 0.29) is 18.4 Å². The van der Waals surface area contributed by atoms with Crippen LogP contribution in [0.25, 0.3) is 0 Å². The number of nitrogens with one attached hydrogen (secondary N) is 1. The first kappa shape index (κ1) is 19.4. The van der Waals surface area contributed by atoms with Crippen molar-refractivity contribution >= 4 is 33.8 Å². The second kappa shape index (κ2) is 7.73. The van der Waals surface area contributed by atoms with Crippen molar-refractivity contribution in [1.82, 2.24) is 9.97 Å². The predicted octanol–water partition coefficient (Wildman–Crippen LogP) is 3.40. The van der Waals surface area contributed by atoms with Crippen LogP contribution in [0.15, 0.2) is 28.9 Å². The number of nitrogens with zero attached hydrogens (tertiary/aromatic N) is 3. The van der Waals surface area contributed by atoms with Crippen LogP contribution in [0, 0.1) is 11.6 Å². The Morgan fingerprint density at radius 1 is 1.37 bits per heavy atom. The molecule has 1 aliphatic heterocycles. The molecule has 1 aromatic carbocycles. The fourth-order valence-electron chi connectivity index (χ4n) is 2.76. The van der Waals surface area contributed by atoms with Gasteiger partial charge < -0.3 is 15.2 Å². The maximum Gasteiger partial charge on any atom is 0.416 e. The number of amides is 1. The SMILES string of the molecule is C[C@H](Nc1ncc(F)c(N2C(=O)OCC2[C@@H](C)O)n1)c1ccc(Br)cc1F. The first-order valence-corrected chi connectivity index (χ1v) is 8.95. The summed E-state index contributed by atoms with van der Waals surface area (Å²) < 4.78 is 33.9. The molecular formula is C17H17BrF2N4O3. The second-order valence-electron chi connectivity index (χ2n) is 6.15. The molecule has 0 radical (unpaired) electrons. The minimum atomic E-state index is -0.946. The fraction of sp³-hybridized carbons (Fsp3) is 0.353. The van der Waals surface area contributed by atoms with E-state index in [0.717, 1.165) is 11.1 Å². The molecule has 1 fully saturated rings. The third-order valence-corrected chi connectivity index (χ3v) is 4.68. The van der Waals surface area contributed by atoms with Crippen molar-refractivity contribution in [2.45, 2.75) is 32.0 Å². The highest BCUT2D eigenvalue weighted by molar-refractivity contribution is 9.10. The van der Waals surface area contributed by atoms with Gasteiger partial charge in [-0.1, -0.05) is 22.0 Å². The van der Waals surface area contributed by atoms with Gasteiger partial charge in [-0.15, -0.1) is 0 Å². The lowest BCUT2D eigenvalue weighted by Crippen LogP contribution is -2.42. The van der Waals surface area contributed by atoms with Gasteiger partial charge in [-0.3, -0.25) is 0 Å². The normalized spacial score (nSPS) is 19.0. The molecule has 1 amide bonds. The van der Waals surface area contributed by atoms with Crippen LogP contribution in [0.3, 0.4) is 0 Å². The molecule has 3 rings (SSSR count). The second-order valence-corrected chi connectivity index (χ2v) is 7.07. The first-order valence-electron chi connectivity index (χ1n) is 8.16. The van der Waals surface area contributed by atoms with E-state index in [2.05, 4.69) is 31.2 Å². The number of halogens is 3. The van der Waals surface area contributed by atoms with Gasteiger partial charge in [0.2, 0.25) is 5.95 Å². The summed E-state index contributed by atoms with van der Waals surface area (Å²) in [5, 5.41) is 12.7. The lowest BCUT2D eigenvalue weighted by Gasteiger charge is -2.23. The number of anilines is 2. The zero-order valence-corrected chi connectivity index (χ0v) is 16.1. The minimum Gasteiger partial charge on any atom is -0.447 e. The third kappa shape index (κ3) is 4.01. The largest absolute Gasteiger partial charge is 0.447 e. The molecule has 7 nitrogen and oxygen atoms in total. The van der Waals surface area contributed by atoms with Crippen LogP contribution < -0.4 is 10.2 Å². The molecule has 1 aliphatic rings. The van der Waals surface area contributed by atoms with E-state index >= 15 is 0 Å². The lowest BCUT2D eigenvalue weighted by atomic mass is 10.1. The molecule has 0 bridgehead atoms. The maximum atomic E-state index is 14.3. The number of rotatable bonds is 5. The summed E-state index contributed by atoms with van der Waals surface area (Å²) in [5.74, 6) is -1.58. The summed E-state index contributed by atoms with van der Waals surface area (Å²) in [5.41, 5.74) is 0.370. The molecule has 2 aromatic rings. The molecule has 0 spiro atoms. The monoisotopic (exact) mass is 442 g/mol. The summed E-state index contributed by atoms with van der Waals surface area (Å²) in [7, 11) is 0. The van der Waals surface area contributed by atoms with Crippen molar-refractivity contribution in [2.24, 2.45) is 0 Å². The highest BCUT2D eigenvalue weighted by atomic mass is 79.9. The third-order valence-electron chi connectivity index (χ3n) is 4.19. The summed E-state index contributed by atoms with van der Waals surface area (Å²) in [6.07, 6.45) is -0.852. The molecule has 1 unspecified atom stereocenters. The number of aliphatic hydroxyl groups is 1. The van der Waals surface area contributed by atoms with Gasteiger partial charge in [-0.05, 0) is 26.0 Å². The van der Waals surface area contributed by atoms with E-state index in [1.807, 2.05) is 0 Å². The van der Waals surface area contributed by atoms with E-state index in [1.165, 1.54) is 13.0 Å². The van der Waals surface area contributed by atoms with Crippen molar-refractivity contribution < 1.29 is 23.4 Å². The molecule has 144 valence electrons. The van der Waals surface area contributed by atoms with Gasteiger partial charge in [0.05, 0.1) is 18.3 Å². The highest BCUT2D eigenvalue weighted by Crippen LogP contribution is 2.28. The standard InChI is InChI=1S/C17H17BrF2N4O3/c1-8(11-4-3-10(18)5-12(11)19)22-16-21-6-13(20)15(23-16)24-14(9(2)25)7-27-17(24)26/h3-6,8-9,14,25H,7H2,1-2H3,(H,21,22,23)/t8-,9+,14?/m0/s1. The van der Waals surface area contributed by atoms with Crippen molar-refractivity contribution in [3.05, 3.63) is 46.1 Å². The number of hydrogen-bond donors (Lipinski definition) is 2. The van der Waals surface area contributed by atoms with Crippen molar-refractivity contribution in [2.75, 3.05) is 16.8 Å². The van der Waals surface area contributed by atoms with Gasteiger partial charge in [-0.25, -0.2) is 23.5 Å². The minimum absolute atomic E-state index is 0.00487. The Morgan fingerprint density at radius 2 is 2.11 bits per heavy atom. The average molecular weight is 443 g/mol. The molecule has 0 saturated carbocycles. The maximum absolute atomic E-state index is 14.3. The van der Waals surface area contributed by atoms with Crippen LogP contribution in [-0.2, 0) is 4.74 Å². The van der Waals surface area contributed by atoms with Gasteiger partial charge in [0.15, 0.2) is 11.6 Å². The van der Waals surface area contributed by atoms with E-state index < -0.39 is 35.9 Å². The smallest absolute Gasteiger partial charge is 0.416 e. The predicted molar refractivity (Wildman–Crippen MR) is 97.4 cm³/mol. The Morgan fingerprint density at radius 3 is 2.78 bits per heavy atom. The molecule has 10 heteroatoms. The summed E-state index contributed by atoms with van der Waals surface area (Å²) in [4.78, 5) is 20.8. The molecule has 2 N–H and O–H groups in total. The Balaban J connectivity index is 1.88. The Kier molecular flexibility index (Phi) is 5.56. The molecule has 3 atom stereocenters. The van der Waals surface area contributed by atoms with E-state index in [9.17, 15) is 18.7 Å². The number of hydrogen-bond acceptors (Lipinski definition) is 6. The number of benzene rings is 1. The van der Waals surface area contributed by atoms with Crippen molar-refractivity contribution in [3.8, 4) is 0 Å². The topological polar surface area (TPSA) is 87.6 Å². The zero-order valence-electron chi connectivity index (χ0n) is 14.5. The zero-order chi connectivity index (χ0) is 19.7. The summed E-state index contributed by atoms with van der Waals surface area (Å²) in [6, 6.07) is 3.34. The van der Waals surface area contributed by atoms with Gasteiger partial charge in [0, 0.05) is 10.0 Å². The Hall–Kier alpha value is -2.33. The van der Waals surface area contributed by atoms with Gasteiger partial charge in [0.25, 0.3) is 0 Å². The lowest BCUT2D eigenvalue weighted by molar-refractivity contribution is 0.142. The quantitative estimate of drug-likeness (QED) is 0.737. The van der Waals surface area contributed by atoms with Crippen molar-refractivity contribution in [3.63, 3.8) is 0 Å². The number of aliphatic hydroxyl groups excluding tert-OH is 1. The number of carbonyl (C=O) groups is 1. The summed E-state index contributed by atoms with van der Waals surface area (Å²) in [6.45, 7) is 3.08. The van der Waals surface area contributed by atoms with Gasteiger partial charge in [-0.2, -0.15) is 4.98 Å². The van der Waals surface area contributed by atoms with Crippen LogP contribution in [0.2, 0.25) is 0 Å². The van der Waals surface area contributed by atoms with Crippen LogP contribution in [-0.4, -0.2) is 39.9 Å². The van der Waals surface area contributed by atoms with Crippen LogP contribution in [0.1, 0.15) is 25.5 Å². The number of aromatic nitrogens is 2. The number of ether oxygens (including phenoxy) is 1. The van der Waals surface area contributed by atoms with E-state index in [0.29, 0.717) is 10.0 Å². The fourth-order valence-corrected chi connectivity index (χ4v) is 3.09. The molecular weight excluding hydrogens is 426 g/mol. The molecule has 2 heterocycles. The van der Waals surface area contributed by atoms with E-state index in [1.54, 1.807) is 19.1 Å². The molecule has 1 aromatic heterocycles. The van der Waals surface area contributed by atoms with Crippen LogP contribution in [0.4, 0.5) is 25.3 Å². The Labute approximate surface area is 162 Å².